The Balaban J connectivity index is 2.19. The third-order valence-electron chi connectivity index (χ3n) is 5.90. The standard InChI is InChI=1S/C18H21Cl2NO3/c1-4-24-16(23)17(2)15(22)21(3)12-7-8-18(17,10-12)11-5-6-13(19)14(20)9-11/h5-6,9,12H,4,7-8,10H2,1-3H3/t12-,17+,18+/m1/s1. The van der Waals surface area contributed by atoms with Gasteiger partial charge in [-0.05, 0) is 50.8 Å². The fourth-order valence-corrected chi connectivity index (χ4v) is 4.73. The summed E-state index contributed by atoms with van der Waals surface area (Å²) in [5.41, 5.74) is -0.986. The Labute approximate surface area is 152 Å². The summed E-state index contributed by atoms with van der Waals surface area (Å²) in [6, 6.07) is 5.54. The molecule has 2 fully saturated rings. The van der Waals surface area contributed by atoms with E-state index in [2.05, 4.69) is 0 Å². The maximum Gasteiger partial charge on any atom is 0.322 e. The number of carbonyl (C=O) groups excluding carboxylic acids is 2. The average molecular weight is 370 g/mol. The van der Waals surface area contributed by atoms with Crippen molar-refractivity contribution in [3.05, 3.63) is 33.8 Å². The minimum absolute atomic E-state index is 0.134. The maximum absolute atomic E-state index is 13.1. The Morgan fingerprint density at radius 3 is 2.71 bits per heavy atom. The smallest absolute Gasteiger partial charge is 0.322 e. The monoisotopic (exact) mass is 369 g/mol. The molecule has 3 rings (SSSR count). The van der Waals surface area contributed by atoms with Gasteiger partial charge in [0.05, 0.1) is 16.7 Å². The fraction of sp³-hybridized carbons (Fsp3) is 0.556. The van der Waals surface area contributed by atoms with Crippen LogP contribution >= 0.6 is 23.2 Å². The number of piperidine rings is 1. The molecule has 2 aliphatic rings. The second kappa shape index (κ2) is 5.92. The van der Waals surface area contributed by atoms with Crippen molar-refractivity contribution in [1.29, 1.82) is 0 Å². The molecule has 0 radical (unpaired) electrons. The molecule has 6 heteroatoms. The molecule has 1 saturated heterocycles. The first-order valence-electron chi connectivity index (χ1n) is 8.18. The van der Waals surface area contributed by atoms with Crippen molar-refractivity contribution < 1.29 is 14.3 Å². The first-order valence-corrected chi connectivity index (χ1v) is 8.93. The second-order valence-electron chi connectivity index (χ2n) is 6.87. The summed E-state index contributed by atoms with van der Waals surface area (Å²) in [6.07, 6.45) is 2.32. The van der Waals surface area contributed by atoms with Crippen LogP contribution < -0.4 is 0 Å². The molecule has 1 saturated carbocycles. The normalized spacial score (nSPS) is 32.1. The van der Waals surface area contributed by atoms with Crippen molar-refractivity contribution in [1.82, 2.24) is 4.90 Å². The second-order valence-corrected chi connectivity index (χ2v) is 7.68. The van der Waals surface area contributed by atoms with Crippen molar-refractivity contribution in [2.45, 2.75) is 44.6 Å². The van der Waals surface area contributed by atoms with E-state index in [1.807, 2.05) is 6.07 Å². The number of hydrogen-bond acceptors (Lipinski definition) is 3. The third-order valence-corrected chi connectivity index (χ3v) is 6.64. The summed E-state index contributed by atoms with van der Waals surface area (Å²) in [5.74, 6) is -0.644. The van der Waals surface area contributed by atoms with Crippen LogP contribution in [0.15, 0.2) is 18.2 Å². The topological polar surface area (TPSA) is 46.6 Å². The lowest BCUT2D eigenvalue weighted by Gasteiger charge is -2.49. The molecule has 130 valence electrons. The molecule has 1 heterocycles. The molecule has 1 aromatic rings. The zero-order chi connectivity index (χ0) is 17.7. The van der Waals surface area contributed by atoms with E-state index in [0.717, 1.165) is 24.8 Å². The molecule has 2 bridgehead atoms. The number of halogens is 2. The van der Waals surface area contributed by atoms with Gasteiger partial charge in [0.1, 0.15) is 0 Å². The van der Waals surface area contributed by atoms with Crippen LogP contribution in [0.3, 0.4) is 0 Å². The lowest BCUT2D eigenvalue weighted by molar-refractivity contribution is -0.173. The predicted octanol–water partition coefficient (Wildman–Crippen LogP) is 3.83. The summed E-state index contributed by atoms with van der Waals surface area (Å²) < 4.78 is 5.31. The highest BCUT2D eigenvalue weighted by molar-refractivity contribution is 6.42. The van der Waals surface area contributed by atoms with Gasteiger partial charge in [-0.15, -0.1) is 0 Å². The maximum atomic E-state index is 13.1. The number of carbonyl (C=O) groups is 2. The van der Waals surface area contributed by atoms with Gasteiger partial charge in [0.25, 0.3) is 0 Å². The first kappa shape index (κ1) is 17.6. The number of likely N-dealkylation sites (tertiary alicyclic amines) is 1. The summed E-state index contributed by atoms with van der Waals surface area (Å²) in [7, 11) is 1.77. The first-order chi connectivity index (χ1) is 11.3. The van der Waals surface area contributed by atoms with Gasteiger partial charge in [-0.2, -0.15) is 0 Å². The van der Waals surface area contributed by atoms with Gasteiger partial charge < -0.3 is 9.64 Å². The third kappa shape index (κ3) is 2.19. The van der Waals surface area contributed by atoms with E-state index >= 15 is 0 Å². The molecule has 4 nitrogen and oxygen atoms in total. The van der Waals surface area contributed by atoms with Crippen LogP contribution in [0.5, 0.6) is 0 Å². The zero-order valence-corrected chi connectivity index (χ0v) is 15.6. The van der Waals surface area contributed by atoms with Gasteiger partial charge in [-0.1, -0.05) is 29.3 Å². The Bertz CT molecular complexity index is 708. The van der Waals surface area contributed by atoms with E-state index in [-0.39, 0.29) is 18.6 Å². The molecular formula is C18H21Cl2NO3. The van der Waals surface area contributed by atoms with Crippen molar-refractivity contribution >= 4 is 35.1 Å². The van der Waals surface area contributed by atoms with Crippen LogP contribution in [0.1, 0.15) is 38.7 Å². The van der Waals surface area contributed by atoms with Crippen LogP contribution in [0.2, 0.25) is 10.0 Å². The van der Waals surface area contributed by atoms with Gasteiger partial charge in [0, 0.05) is 18.5 Å². The molecule has 1 amide bonds. The van der Waals surface area contributed by atoms with Gasteiger partial charge in [0.2, 0.25) is 5.91 Å². The van der Waals surface area contributed by atoms with Gasteiger partial charge in [-0.3, -0.25) is 9.59 Å². The van der Waals surface area contributed by atoms with Crippen molar-refractivity contribution in [2.24, 2.45) is 5.41 Å². The summed E-state index contributed by atoms with van der Waals surface area (Å²) >= 11 is 12.3. The zero-order valence-electron chi connectivity index (χ0n) is 14.1. The summed E-state index contributed by atoms with van der Waals surface area (Å²) in [6.45, 7) is 3.71. The Kier molecular flexibility index (Phi) is 4.33. The number of hydrogen-bond donors (Lipinski definition) is 0. The highest BCUT2D eigenvalue weighted by Gasteiger charge is 2.67. The van der Waals surface area contributed by atoms with E-state index < -0.39 is 16.8 Å². The Morgan fingerprint density at radius 1 is 1.38 bits per heavy atom. The number of rotatable bonds is 3. The number of ether oxygens (including phenoxy) is 1. The Hall–Kier alpha value is -1.26. The van der Waals surface area contributed by atoms with Crippen molar-refractivity contribution in [2.75, 3.05) is 13.7 Å². The van der Waals surface area contributed by atoms with Crippen LogP contribution in [-0.4, -0.2) is 36.5 Å². The number of esters is 1. The fourth-order valence-electron chi connectivity index (χ4n) is 4.43. The molecule has 0 unspecified atom stereocenters. The highest BCUT2D eigenvalue weighted by atomic mass is 35.5. The van der Waals surface area contributed by atoms with Crippen LogP contribution in [0.25, 0.3) is 0 Å². The van der Waals surface area contributed by atoms with E-state index in [1.165, 1.54) is 0 Å². The van der Waals surface area contributed by atoms with Gasteiger partial charge in [0.15, 0.2) is 5.41 Å². The lowest BCUT2D eigenvalue weighted by Crippen LogP contribution is -2.62. The molecule has 0 aromatic heterocycles. The number of fused-ring (bicyclic) bond motifs is 2. The number of nitrogens with zero attached hydrogens (tertiary/aromatic N) is 1. The van der Waals surface area contributed by atoms with E-state index in [4.69, 9.17) is 27.9 Å². The summed E-state index contributed by atoms with van der Waals surface area (Å²) in [5, 5.41) is 0.896. The van der Waals surface area contributed by atoms with E-state index in [9.17, 15) is 9.59 Å². The largest absolute Gasteiger partial charge is 0.465 e. The number of amides is 1. The van der Waals surface area contributed by atoms with E-state index in [0.29, 0.717) is 10.0 Å². The Morgan fingerprint density at radius 2 is 2.08 bits per heavy atom. The molecular weight excluding hydrogens is 349 g/mol. The minimum Gasteiger partial charge on any atom is -0.465 e. The van der Waals surface area contributed by atoms with Crippen molar-refractivity contribution in [3.63, 3.8) is 0 Å². The molecule has 1 aromatic carbocycles. The molecule has 24 heavy (non-hydrogen) atoms. The molecule has 0 spiro atoms. The predicted molar refractivity (Wildman–Crippen MR) is 93.3 cm³/mol. The number of benzene rings is 1. The molecule has 1 aliphatic carbocycles. The van der Waals surface area contributed by atoms with E-state index in [1.54, 1.807) is 37.9 Å². The summed E-state index contributed by atoms with van der Waals surface area (Å²) in [4.78, 5) is 27.7. The van der Waals surface area contributed by atoms with Crippen LogP contribution in [0.4, 0.5) is 0 Å². The molecule has 3 atom stereocenters. The lowest BCUT2D eigenvalue weighted by atomic mass is 9.57. The highest BCUT2D eigenvalue weighted by Crippen LogP contribution is 2.59. The average Bonchev–Trinajstić information content (AvgIpc) is 2.99. The van der Waals surface area contributed by atoms with Crippen LogP contribution in [0, 0.1) is 5.41 Å². The van der Waals surface area contributed by atoms with Crippen LogP contribution in [-0.2, 0) is 19.7 Å². The molecule has 1 aliphatic heterocycles. The SMILES string of the molecule is CCOC(=O)[C@]1(C)C(=O)N(C)[C@@H]2CC[C@@]1(c1ccc(Cl)c(Cl)c1)C2. The quantitative estimate of drug-likeness (QED) is 0.600. The van der Waals surface area contributed by atoms with Gasteiger partial charge >= 0.3 is 5.97 Å². The minimum atomic E-state index is -1.26. The van der Waals surface area contributed by atoms with Gasteiger partial charge in [-0.25, -0.2) is 0 Å². The van der Waals surface area contributed by atoms with Crippen molar-refractivity contribution in [3.8, 4) is 0 Å². The molecule has 0 N–H and O–H groups in total.